The summed E-state index contributed by atoms with van der Waals surface area (Å²) < 4.78 is 7.34. The van der Waals surface area contributed by atoms with Crippen molar-refractivity contribution < 1.29 is 14.3 Å². The molecule has 0 unspecified atom stereocenters. The summed E-state index contributed by atoms with van der Waals surface area (Å²) >= 11 is 5.91. The lowest BCUT2D eigenvalue weighted by molar-refractivity contribution is 0.0734. The van der Waals surface area contributed by atoms with Crippen molar-refractivity contribution in [2.75, 3.05) is 0 Å². The van der Waals surface area contributed by atoms with E-state index in [4.69, 9.17) is 16.3 Å². The van der Waals surface area contributed by atoms with Gasteiger partial charge in [0.05, 0.1) is 11.8 Å². The monoisotopic (exact) mass is 443 g/mol. The van der Waals surface area contributed by atoms with Gasteiger partial charge in [0, 0.05) is 28.7 Å². The summed E-state index contributed by atoms with van der Waals surface area (Å²) in [5, 5.41) is 4.45. The van der Waals surface area contributed by atoms with Crippen LogP contribution in [0.2, 0.25) is 5.02 Å². The summed E-state index contributed by atoms with van der Waals surface area (Å²) in [6.45, 7) is 0. The fourth-order valence-electron chi connectivity index (χ4n) is 2.96. The molecule has 0 atom stereocenters. The van der Waals surface area contributed by atoms with E-state index >= 15 is 0 Å². The molecule has 6 nitrogen and oxygen atoms in total. The van der Waals surface area contributed by atoms with Crippen molar-refractivity contribution in [3.63, 3.8) is 0 Å². The van der Waals surface area contributed by atoms with E-state index in [1.807, 2.05) is 41.2 Å². The van der Waals surface area contributed by atoms with Crippen LogP contribution in [0.25, 0.3) is 5.69 Å². The van der Waals surface area contributed by atoms with E-state index in [1.54, 1.807) is 54.6 Å². The number of esters is 1. The number of rotatable bonds is 6. The zero-order valence-electron chi connectivity index (χ0n) is 16.8. The molecule has 0 radical (unpaired) electrons. The first-order valence-corrected chi connectivity index (χ1v) is 10.1. The van der Waals surface area contributed by atoms with Gasteiger partial charge in [0.2, 0.25) is 0 Å². The topological polar surface area (TPSA) is 72.7 Å². The fraction of sp³-hybridized carbons (Fsp3) is 0. The van der Waals surface area contributed by atoms with E-state index in [2.05, 4.69) is 10.5 Å². The van der Waals surface area contributed by atoms with Crippen molar-refractivity contribution in [2.24, 2.45) is 5.10 Å². The highest BCUT2D eigenvalue weighted by Crippen LogP contribution is 2.16. The van der Waals surface area contributed by atoms with Crippen LogP contribution in [0.4, 0.5) is 0 Å². The lowest BCUT2D eigenvalue weighted by atomic mass is 10.2. The number of hydrogen-bond donors (Lipinski definition) is 1. The first kappa shape index (κ1) is 21.1. The average molecular weight is 444 g/mol. The third-order valence-corrected chi connectivity index (χ3v) is 4.78. The highest BCUT2D eigenvalue weighted by atomic mass is 35.5. The van der Waals surface area contributed by atoms with E-state index in [-0.39, 0.29) is 5.91 Å². The van der Waals surface area contributed by atoms with E-state index in [1.165, 1.54) is 12.3 Å². The number of nitrogens with one attached hydrogen (secondary N) is 1. The van der Waals surface area contributed by atoms with Crippen molar-refractivity contribution >= 4 is 29.7 Å². The van der Waals surface area contributed by atoms with Gasteiger partial charge >= 0.3 is 5.97 Å². The van der Waals surface area contributed by atoms with Gasteiger partial charge < -0.3 is 9.30 Å². The van der Waals surface area contributed by atoms with Crippen LogP contribution in [0.1, 0.15) is 26.3 Å². The SMILES string of the molecule is O=C(N/N=C/c1cccc(OC(=O)c2cccc(Cl)c2)c1)c1ccc(-n2cccc2)cc1. The highest BCUT2D eigenvalue weighted by molar-refractivity contribution is 6.30. The molecule has 1 N–H and O–H groups in total. The Labute approximate surface area is 189 Å². The summed E-state index contributed by atoms with van der Waals surface area (Å²) in [5.74, 6) is -0.493. The summed E-state index contributed by atoms with van der Waals surface area (Å²) in [6.07, 6.45) is 5.34. The molecular formula is C25H18ClN3O3. The van der Waals surface area contributed by atoms with Crippen LogP contribution in [0.5, 0.6) is 5.75 Å². The molecule has 32 heavy (non-hydrogen) atoms. The third-order valence-electron chi connectivity index (χ3n) is 4.54. The molecule has 1 aromatic heterocycles. The van der Waals surface area contributed by atoms with E-state index in [9.17, 15) is 9.59 Å². The van der Waals surface area contributed by atoms with Gasteiger partial charge in [-0.05, 0) is 72.3 Å². The number of nitrogens with zero attached hydrogens (tertiary/aromatic N) is 2. The molecule has 1 amide bonds. The molecule has 7 heteroatoms. The van der Waals surface area contributed by atoms with Crippen molar-refractivity contribution in [3.8, 4) is 11.4 Å². The quantitative estimate of drug-likeness (QED) is 0.195. The van der Waals surface area contributed by atoms with Crippen LogP contribution in [0.15, 0.2) is 102 Å². The second kappa shape index (κ2) is 9.76. The molecule has 0 aliphatic rings. The van der Waals surface area contributed by atoms with Crippen molar-refractivity contribution in [2.45, 2.75) is 0 Å². The van der Waals surface area contributed by atoms with E-state index < -0.39 is 5.97 Å². The van der Waals surface area contributed by atoms with E-state index in [0.29, 0.717) is 27.5 Å². The predicted octanol–water partition coefficient (Wildman–Crippen LogP) is 5.11. The van der Waals surface area contributed by atoms with Crippen LogP contribution in [-0.2, 0) is 0 Å². The molecule has 0 saturated heterocycles. The molecule has 1 heterocycles. The second-order valence-corrected chi connectivity index (χ2v) is 7.25. The Hall–Kier alpha value is -4.16. The maximum Gasteiger partial charge on any atom is 0.343 e. The van der Waals surface area contributed by atoms with Gasteiger partial charge in [0.25, 0.3) is 5.91 Å². The predicted molar refractivity (Wildman–Crippen MR) is 124 cm³/mol. The lowest BCUT2D eigenvalue weighted by Crippen LogP contribution is -2.17. The standard InChI is InChI=1S/C25H18ClN3O3/c26-21-7-4-6-20(16-21)25(31)32-23-8-3-5-18(15-23)17-27-28-24(30)19-9-11-22(12-10-19)29-13-1-2-14-29/h1-17H,(H,28,30)/b27-17+. The van der Waals surface area contributed by atoms with E-state index in [0.717, 1.165) is 5.69 Å². The van der Waals surface area contributed by atoms with Gasteiger partial charge in [-0.25, -0.2) is 10.2 Å². The number of hydrogen-bond acceptors (Lipinski definition) is 4. The van der Waals surface area contributed by atoms with Gasteiger partial charge in [-0.15, -0.1) is 0 Å². The Balaban J connectivity index is 1.36. The Bertz CT molecular complexity index is 1270. The van der Waals surface area contributed by atoms with Gasteiger partial charge in [0.1, 0.15) is 5.75 Å². The maximum atomic E-state index is 12.3. The largest absolute Gasteiger partial charge is 0.423 e. The number of aromatic nitrogens is 1. The summed E-state index contributed by atoms with van der Waals surface area (Å²) in [4.78, 5) is 24.6. The molecule has 0 aliphatic heterocycles. The molecule has 0 saturated carbocycles. The first-order valence-electron chi connectivity index (χ1n) is 9.73. The van der Waals surface area contributed by atoms with Gasteiger partial charge in [0.15, 0.2) is 0 Å². The number of halogens is 1. The highest BCUT2D eigenvalue weighted by Gasteiger charge is 2.09. The number of carbonyl (C=O) groups is 2. The minimum atomic E-state index is -0.516. The smallest absolute Gasteiger partial charge is 0.343 e. The van der Waals surface area contributed by atoms with Crippen LogP contribution < -0.4 is 10.2 Å². The van der Waals surface area contributed by atoms with Crippen LogP contribution in [-0.4, -0.2) is 22.7 Å². The minimum Gasteiger partial charge on any atom is -0.423 e. The normalized spacial score (nSPS) is 10.8. The maximum absolute atomic E-state index is 12.3. The Morgan fingerprint density at radius 3 is 2.38 bits per heavy atom. The number of ether oxygens (including phenoxy) is 1. The number of amides is 1. The number of carbonyl (C=O) groups excluding carboxylic acids is 2. The molecule has 3 aromatic carbocycles. The minimum absolute atomic E-state index is 0.330. The summed E-state index contributed by atoms with van der Waals surface area (Å²) in [6, 6.07) is 24.4. The number of hydrazone groups is 1. The van der Waals surface area contributed by atoms with Crippen molar-refractivity contribution in [1.82, 2.24) is 9.99 Å². The molecule has 4 aromatic rings. The van der Waals surface area contributed by atoms with Crippen molar-refractivity contribution in [1.29, 1.82) is 0 Å². The average Bonchev–Trinajstić information content (AvgIpc) is 3.34. The molecule has 0 bridgehead atoms. The van der Waals surface area contributed by atoms with Gasteiger partial charge in [-0.2, -0.15) is 5.10 Å². The van der Waals surface area contributed by atoms with Crippen LogP contribution in [0.3, 0.4) is 0 Å². The summed E-state index contributed by atoms with van der Waals surface area (Å²) in [5.41, 5.74) is 4.95. The Morgan fingerprint density at radius 1 is 0.875 bits per heavy atom. The first-order chi connectivity index (χ1) is 15.6. The molecule has 4 rings (SSSR count). The second-order valence-electron chi connectivity index (χ2n) is 6.81. The van der Waals surface area contributed by atoms with Gasteiger partial charge in [-0.3, -0.25) is 4.79 Å². The third kappa shape index (κ3) is 5.30. The number of benzene rings is 3. The molecular weight excluding hydrogens is 426 g/mol. The Morgan fingerprint density at radius 2 is 1.62 bits per heavy atom. The van der Waals surface area contributed by atoms with Crippen molar-refractivity contribution in [3.05, 3.63) is 119 Å². The molecule has 158 valence electrons. The zero-order chi connectivity index (χ0) is 22.3. The van der Waals surface area contributed by atoms with Crippen LogP contribution in [0, 0.1) is 0 Å². The molecule has 0 spiro atoms. The molecule has 0 aliphatic carbocycles. The Kier molecular flexibility index (Phi) is 6.43. The lowest BCUT2D eigenvalue weighted by Gasteiger charge is -2.06. The van der Waals surface area contributed by atoms with Gasteiger partial charge in [-0.1, -0.05) is 29.8 Å². The summed E-state index contributed by atoms with van der Waals surface area (Å²) in [7, 11) is 0. The molecule has 0 fully saturated rings. The fourth-order valence-corrected chi connectivity index (χ4v) is 3.15. The zero-order valence-corrected chi connectivity index (χ0v) is 17.6. The van der Waals surface area contributed by atoms with Crippen LogP contribution >= 0.6 is 11.6 Å².